The zero-order valence-corrected chi connectivity index (χ0v) is 16.4. The lowest BCUT2D eigenvalue weighted by Crippen LogP contribution is -2.33. The SMILES string of the molecule is CCN(Cc1ccc(OCCN2C(=O)CCC2=O)c(F)c1)c1ccc(Cl)cc1. The molecule has 0 bridgehead atoms. The summed E-state index contributed by atoms with van der Waals surface area (Å²) in [7, 11) is 0. The van der Waals surface area contributed by atoms with Gasteiger partial charge in [0.25, 0.3) is 0 Å². The van der Waals surface area contributed by atoms with Crippen LogP contribution < -0.4 is 9.64 Å². The maximum atomic E-state index is 14.4. The molecule has 0 spiro atoms. The Balaban J connectivity index is 1.59. The van der Waals surface area contributed by atoms with Gasteiger partial charge in [-0.1, -0.05) is 17.7 Å². The van der Waals surface area contributed by atoms with Crippen LogP contribution in [0.3, 0.4) is 0 Å². The first kappa shape index (κ1) is 20.1. The minimum absolute atomic E-state index is 0.0691. The molecular weight excluding hydrogens is 383 g/mol. The average Bonchev–Trinajstić information content (AvgIpc) is 3.00. The second-order valence-corrected chi connectivity index (χ2v) is 6.98. The van der Waals surface area contributed by atoms with Crippen molar-refractivity contribution in [1.29, 1.82) is 0 Å². The maximum Gasteiger partial charge on any atom is 0.229 e. The van der Waals surface area contributed by atoms with Gasteiger partial charge in [0, 0.05) is 36.6 Å². The monoisotopic (exact) mass is 404 g/mol. The molecule has 0 saturated carbocycles. The second kappa shape index (κ2) is 9.06. The Morgan fingerprint density at radius 2 is 1.79 bits per heavy atom. The van der Waals surface area contributed by atoms with Gasteiger partial charge in [0.15, 0.2) is 11.6 Å². The average molecular weight is 405 g/mol. The first-order chi connectivity index (χ1) is 13.5. The Bertz CT molecular complexity index is 841. The number of anilines is 1. The minimum atomic E-state index is -0.469. The van der Waals surface area contributed by atoms with Crippen molar-refractivity contribution >= 4 is 29.1 Å². The molecule has 1 saturated heterocycles. The fourth-order valence-corrected chi connectivity index (χ4v) is 3.26. The number of benzene rings is 2. The van der Waals surface area contributed by atoms with E-state index in [1.165, 1.54) is 6.07 Å². The van der Waals surface area contributed by atoms with Gasteiger partial charge in [0.2, 0.25) is 11.8 Å². The number of hydrogen-bond acceptors (Lipinski definition) is 4. The van der Waals surface area contributed by atoms with Crippen molar-refractivity contribution in [3.05, 3.63) is 58.9 Å². The number of likely N-dealkylation sites (tertiary alicyclic amines) is 1. The van der Waals surface area contributed by atoms with E-state index < -0.39 is 5.82 Å². The predicted molar refractivity (Wildman–Crippen MR) is 106 cm³/mol. The van der Waals surface area contributed by atoms with Crippen molar-refractivity contribution in [2.45, 2.75) is 26.3 Å². The van der Waals surface area contributed by atoms with Crippen LogP contribution >= 0.6 is 11.6 Å². The van der Waals surface area contributed by atoms with Crippen molar-refractivity contribution in [1.82, 2.24) is 4.90 Å². The Labute approximate surface area is 168 Å². The quantitative estimate of drug-likeness (QED) is 0.623. The molecule has 0 unspecified atom stereocenters. The number of rotatable bonds is 8. The molecular formula is C21H22ClFN2O3. The van der Waals surface area contributed by atoms with Crippen LogP contribution in [-0.2, 0) is 16.1 Å². The Kier molecular flexibility index (Phi) is 6.52. The lowest BCUT2D eigenvalue weighted by Gasteiger charge is -2.23. The molecule has 2 aromatic carbocycles. The molecule has 0 atom stereocenters. The van der Waals surface area contributed by atoms with E-state index in [4.69, 9.17) is 16.3 Å². The van der Waals surface area contributed by atoms with E-state index in [0.717, 1.165) is 22.7 Å². The summed E-state index contributed by atoms with van der Waals surface area (Å²) in [5.41, 5.74) is 1.82. The van der Waals surface area contributed by atoms with Crippen molar-refractivity contribution in [2.24, 2.45) is 0 Å². The van der Waals surface area contributed by atoms with E-state index in [1.54, 1.807) is 6.07 Å². The fourth-order valence-electron chi connectivity index (χ4n) is 3.14. The zero-order chi connectivity index (χ0) is 20.1. The Hall–Kier alpha value is -2.60. The number of ether oxygens (including phenoxy) is 1. The molecule has 5 nitrogen and oxygen atoms in total. The van der Waals surface area contributed by atoms with Gasteiger partial charge < -0.3 is 9.64 Å². The van der Waals surface area contributed by atoms with E-state index in [0.29, 0.717) is 11.6 Å². The molecule has 0 N–H and O–H groups in total. The molecule has 1 heterocycles. The van der Waals surface area contributed by atoms with Crippen LogP contribution in [0, 0.1) is 5.82 Å². The molecule has 0 aliphatic carbocycles. The fraction of sp³-hybridized carbons (Fsp3) is 0.333. The van der Waals surface area contributed by atoms with Crippen LogP contribution in [-0.4, -0.2) is 36.4 Å². The summed E-state index contributed by atoms with van der Waals surface area (Å²) >= 11 is 5.93. The van der Waals surface area contributed by atoms with Crippen LogP contribution in [0.5, 0.6) is 5.75 Å². The van der Waals surface area contributed by atoms with Crippen LogP contribution in [0.25, 0.3) is 0 Å². The van der Waals surface area contributed by atoms with Gasteiger partial charge in [0.1, 0.15) is 6.61 Å². The Morgan fingerprint density at radius 3 is 2.39 bits per heavy atom. The highest BCUT2D eigenvalue weighted by molar-refractivity contribution is 6.30. The normalized spacial score (nSPS) is 13.9. The van der Waals surface area contributed by atoms with Crippen molar-refractivity contribution in [2.75, 3.05) is 24.6 Å². The minimum Gasteiger partial charge on any atom is -0.489 e. The topological polar surface area (TPSA) is 49.9 Å². The second-order valence-electron chi connectivity index (χ2n) is 6.54. The molecule has 3 rings (SSSR count). The molecule has 148 valence electrons. The van der Waals surface area contributed by atoms with E-state index >= 15 is 0 Å². The van der Waals surface area contributed by atoms with E-state index in [-0.39, 0.29) is 43.6 Å². The molecule has 1 aliphatic rings. The molecule has 2 amide bonds. The predicted octanol–water partition coefficient (Wildman–Crippen LogP) is 4.03. The van der Waals surface area contributed by atoms with Gasteiger partial charge in [0.05, 0.1) is 6.54 Å². The maximum absolute atomic E-state index is 14.4. The van der Waals surface area contributed by atoms with Crippen molar-refractivity contribution in [3.8, 4) is 5.75 Å². The van der Waals surface area contributed by atoms with Crippen molar-refractivity contribution in [3.63, 3.8) is 0 Å². The number of nitrogens with zero attached hydrogens (tertiary/aromatic N) is 2. The number of imide groups is 1. The molecule has 1 aliphatic heterocycles. The number of carbonyl (C=O) groups excluding carboxylic acids is 2. The number of amides is 2. The lowest BCUT2D eigenvalue weighted by atomic mass is 10.1. The van der Waals surface area contributed by atoms with Crippen LogP contribution in [0.2, 0.25) is 5.02 Å². The van der Waals surface area contributed by atoms with Crippen LogP contribution in [0.1, 0.15) is 25.3 Å². The summed E-state index contributed by atoms with van der Waals surface area (Å²) in [4.78, 5) is 26.4. The zero-order valence-electron chi connectivity index (χ0n) is 15.7. The standard InChI is InChI=1S/C21H22ClFN2O3/c1-2-24(17-6-4-16(22)5-7-17)14-15-3-8-19(18(23)13-15)28-12-11-25-20(26)9-10-21(25)27/h3-8,13H,2,9-12,14H2,1H3. The summed E-state index contributed by atoms with van der Waals surface area (Å²) in [6, 6.07) is 12.3. The van der Waals surface area contributed by atoms with Gasteiger partial charge in [-0.3, -0.25) is 14.5 Å². The van der Waals surface area contributed by atoms with Gasteiger partial charge in [-0.25, -0.2) is 4.39 Å². The highest BCUT2D eigenvalue weighted by Crippen LogP contribution is 2.23. The number of carbonyl (C=O) groups is 2. The first-order valence-corrected chi connectivity index (χ1v) is 9.60. The highest BCUT2D eigenvalue weighted by Gasteiger charge is 2.28. The molecule has 1 fully saturated rings. The van der Waals surface area contributed by atoms with Gasteiger partial charge in [-0.2, -0.15) is 0 Å². The van der Waals surface area contributed by atoms with Crippen LogP contribution in [0.4, 0.5) is 10.1 Å². The summed E-state index contributed by atoms with van der Waals surface area (Å²) in [6.45, 7) is 3.55. The van der Waals surface area contributed by atoms with Crippen molar-refractivity contribution < 1.29 is 18.7 Å². The smallest absolute Gasteiger partial charge is 0.229 e. The molecule has 0 radical (unpaired) electrons. The highest BCUT2D eigenvalue weighted by atomic mass is 35.5. The molecule has 2 aromatic rings. The lowest BCUT2D eigenvalue weighted by molar-refractivity contribution is -0.138. The van der Waals surface area contributed by atoms with E-state index in [9.17, 15) is 14.0 Å². The molecule has 28 heavy (non-hydrogen) atoms. The third-order valence-electron chi connectivity index (χ3n) is 4.67. The largest absolute Gasteiger partial charge is 0.489 e. The molecule has 0 aromatic heterocycles. The van der Waals surface area contributed by atoms with E-state index in [1.807, 2.05) is 37.3 Å². The molecule has 7 heteroatoms. The van der Waals surface area contributed by atoms with Gasteiger partial charge in [-0.05, 0) is 48.9 Å². The van der Waals surface area contributed by atoms with Gasteiger partial charge in [-0.15, -0.1) is 0 Å². The van der Waals surface area contributed by atoms with Crippen LogP contribution in [0.15, 0.2) is 42.5 Å². The number of hydrogen-bond donors (Lipinski definition) is 0. The summed E-state index contributed by atoms with van der Waals surface area (Å²) in [6.07, 6.45) is 0.479. The summed E-state index contributed by atoms with van der Waals surface area (Å²) < 4.78 is 19.8. The third-order valence-corrected chi connectivity index (χ3v) is 4.92. The first-order valence-electron chi connectivity index (χ1n) is 9.23. The summed E-state index contributed by atoms with van der Waals surface area (Å²) in [5.74, 6) is -0.765. The summed E-state index contributed by atoms with van der Waals surface area (Å²) in [5, 5.41) is 0.671. The Morgan fingerprint density at radius 1 is 1.11 bits per heavy atom. The van der Waals surface area contributed by atoms with E-state index in [2.05, 4.69) is 4.90 Å². The third kappa shape index (κ3) is 4.81. The van der Waals surface area contributed by atoms with Gasteiger partial charge >= 0.3 is 0 Å². The number of halogens is 2.